The third kappa shape index (κ3) is 2.40. The molecule has 21 heavy (non-hydrogen) atoms. The van der Waals surface area contributed by atoms with Crippen molar-refractivity contribution in [2.75, 3.05) is 0 Å². The number of hydrogen-bond acceptors (Lipinski definition) is 2. The third-order valence-corrected chi connectivity index (χ3v) is 3.10. The highest BCUT2D eigenvalue weighted by Gasteiger charge is 2.32. The second-order valence-corrected chi connectivity index (χ2v) is 4.52. The zero-order valence-corrected chi connectivity index (χ0v) is 10.6. The third-order valence-electron chi connectivity index (χ3n) is 3.10. The van der Waals surface area contributed by atoms with Crippen molar-refractivity contribution in [1.82, 2.24) is 9.38 Å². The summed E-state index contributed by atoms with van der Waals surface area (Å²) < 4.78 is 40.2. The molecule has 0 fully saturated rings. The molecule has 0 unspecified atom stereocenters. The first-order valence-electron chi connectivity index (χ1n) is 6.09. The van der Waals surface area contributed by atoms with Crippen LogP contribution in [0.25, 0.3) is 16.8 Å². The molecule has 2 heterocycles. The average Bonchev–Trinajstić information content (AvgIpc) is 2.89. The van der Waals surface area contributed by atoms with Gasteiger partial charge in [-0.05, 0) is 11.6 Å². The molecule has 0 radical (unpaired) electrons. The second kappa shape index (κ2) is 4.73. The maximum absolute atomic E-state index is 13.0. The molecule has 0 atom stereocenters. The second-order valence-electron chi connectivity index (χ2n) is 4.52. The van der Waals surface area contributed by atoms with Crippen molar-refractivity contribution in [2.24, 2.45) is 0 Å². The SMILES string of the molecule is O=Cc1cn2cc(C(F)(F)F)cc(-c3ccccc3)c2n1. The summed E-state index contributed by atoms with van der Waals surface area (Å²) in [5.41, 5.74) is 0.557. The molecule has 6 heteroatoms. The van der Waals surface area contributed by atoms with Gasteiger partial charge in [0.1, 0.15) is 11.3 Å². The molecule has 2 aromatic heterocycles. The van der Waals surface area contributed by atoms with Crippen LogP contribution in [-0.4, -0.2) is 15.7 Å². The highest BCUT2D eigenvalue weighted by atomic mass is 19.4. The Bertz CT molecular complexity index is 807. The van der Waals surface area contributed by atoms with Gasteiger partial charge < -0.3 is 4.40 Å². The van der Waals surface area contributed by atoms with Gasteiger partial charge in [0.05, 0.1) is 5.56 Å². The predicted molar refractivity (Wildman–Crippen MR) is 71.0 cm³/mol. The Hall–Kier alpha value is -2.63. The van der Waals surface area contributed by atoms with Crippen LogP contribution in [0.4, 0.5) is 13.2 Å². The Kier molecular flexibility index (Phi) is 3.01. The summed E-state index contributed by atoms with van der Waals surface area (Å²) in [6.45, 7) is 0. The van der Waals surface area contributed by atoms with Crippen LogP contribution >= 0.6 is 0 Å². The summed E-state index contributed by atoms with van der Waals surface area (Å²) in [6, 6.07) is 9.68. The first-order chi connectivity index (χ1) is 9.99. The first kappa shape index (κ1) is 13.4. The van der Waals surface area contributed by atoms with Gasteiger partial charge in [-0.1, -0.05) is 30.3 Å². The number of carbonyl (C=O) groups excluding carboxylic acids is 1. The topological polar surface area (TPSA) is 34.4 Å². The number of fused-ring (bicyclic) bond motifs is 1. The van der Waals surface area contributed by atoms with E-state index in [1.54, 1.807) is 30.3 Å². The normalized spacial score (nSPS) is 11.8. The van der Waals surface area contributed by atoms with Crippen LogP contribution in [-0.2, 0) is 6.18 Å². The Labute approximate surface area is 117 Å². The zero-order chi connectivity index (χ0) is 15.0. The number of pyridine rings is 1. The van der Waals surface area contributed by atoms with Gasteiger partial charge in [-0.3, -0.25) is 4.79 Å². The van der Waals surface area contributed by atoms with E-state index in [-0.39, 0.29) is 5.69 Å². The van der Waals surface area contributed by atoms with Crippen molar-refractivity contribution in [3.8, 4) is 11.1 Å². The molecule has 1 aromatic carbocycles. The van der Waals surface area contributed by atoms with Crippen molar-refractivity contribution in [1.29, 1.82) is 0 Å². The molecule has 0 saturated heterocycles. The monoisotopic (exact) mass is 290 g/mol. The lowest BCUT2D eigenvalue weighted by molar-refractivity contribution is -0.137. The number of aldehydes is 1. The summed E-state index contributed by atoms with van der Waals surface area (Å²) in [6.07, 6.45) is -1.75. The largest absolute Gasteiger partial charge is 0.417 e. The number of carbonyl (C=O) groups is 1. The fraction of sp³-hybridized carbons (Fsp3) is 0.0667. The van der Waals surface area contributed by atoms with Crippen molar-refractivity contribution in [3.05, 3.63) is 60.0 Å². The fourth-order valence-corrected chi connectivity index (χ4v) is 2.16. The fourth-order valence-electron chi connectivity index (χ4n) is 2.16. The Morgan fingerprint density at radius 3 is 2.43 bits per heavy atom. The van der Waals surface area contributed by atoms with E-state index in [1.165, 1.54) is 10.6 Å². The van der Waals surface area contributed by atoms with Gasteiger partial charge >= 0.3 is 6.18 Å². The molecular weight excluding hydrogens is 281 g/mol. The van der Waals surface area contributed by atoms with Gasteiger partial charge in [0, 0.05) is 18.0 Å². The minimum absolute atomic E-state index is 0.0894. The Morgan fingerprint density at radius 2 is 1.81 bits per heavy atom. The van der Waals surface area contributed by atoms with Crippen LogP contribution in [0.15, 0.2) is 48.8 Å². The number of halogens is 3. The summed E-state index contributed by atoms with van der Waals surface area (Å²) in [5.74, 6) is 0. The molecule has 0 aliphatic carbocycles. The van der Waals surface area contributed by atoms with Crippen LogP contribution in [0.3, 0.4) is 0 Å². The molecule has 0 spiro atoms. The summed E-state index contributed by atoms with van der Waals surface area (Å²) in [5, 5.41) is 0. The highest BCUT2D eigenvalue weighted by Crippen LogP contribution is 2.34. The zero-order valence-electron chi connectivity index (χ0n) is 10.6. The maximum atomic E-state index is 13.0. The van der Waals surface area contributed by atoms with E-state index in [1.807, 2.05) is 0 Å². The quantitative estimate of drug-likeness (QED) is 0.672. The average molecular weight is 290 g/mol. The lowest BCUT2D eigenvalue weighted by atomic mass is 10.1. The minimum atomic E-state index is -4.47. The smallest absolute Gasteiger partial charge is 0.305 e. The van der Waals surface area contributed by atoms with Crippen molar-refractivity contribution < 1.29 is 18.0 Å². The first-order valence-corrected chi connectivity index (χ1v) is 6.09. The van der Waals surface area contributed by atoms with Crippen LogP contribution in [0.5, 0.6) is 0 Å². The number of alkyl halides is 3. The number of imidazole rings is 1. The number of nitrogens with zero attached hydrogens (tertiary/aromatic N) is 2. The van der Waals surface area contributed by atoms with E-state index in [4.69, 9.17) is 0 Å². The minimum Gasteiger partial charge on any atom is -0.305 e. The molecule has 3 aromatic rings. The summed E-state index contributed by atoms with van der Waals surface area (Å²) in [4.78, 5) is 14.9. The number of aromatic nitrogens is 2. The molecule has 0 saturated carbocycles. The molecule has 3 nitrogen and oxygen atoms in total. The van der Waals surface area contributed by atoms with Crippen LogP contribution in [0.1, 0.15) is 16.1 Å². The number of benzene rings is 1. The molecule has 106 valence electrons. The van der Waals surface area contributed by atoms with Gasteiger partial charge in [-0.2, -0.15) is 13.2 Å². The van der Waals surface area contributed by atoms with Gasteiger partial charge in [0.15, 0.2) is 6.29 Å². The van der Waals surface area contributed by atoms with E-state index >= 15 is 0 Å². The molecule has 0 N–H and O–H groups in total. The summed E-state index contributed by atoms with van der Waals surface area (Å²) >= 11 is 0. The van der Waals surface area contributed by atoms with E-state index in [0.29, 0.717) is 23.1 Å². The van der Waals surface area contributed by atoms with Crippen molar-refractivity contribution >= 4 is 11.9 Å². The van der Waals surface area contributed by atoms with Gasteiger partial charge in [-0.25, -0.2) is 4.98 Å². The Balaban J connectivity index is 2.34. The molecule has 0 aliphatic heterocycles. The molecule has 3 rings (SSSR count). The van der Waals surface area contributed by atoms with E-state index in [9.17, 15) is 18.0 Å². The standard InChI is InChI=1S/C15H9F3N2O/c16-15(17,18)11-6-13(10-4-2-1-3-5-10)14-19-12(9-21)8-20(14)7-11/h1-9H. The summed E-state index contributed by atoms with van der Waals surface area (Å²) in [7, 11) is 0. The van der Waals surface area contributed by atoms with Crippen LogP contribution < -0.4 is 0 Å². The van der Waals surface area contributed by atoms with Crippen LogP contribution in [0.2, 0.25) is 0 Å². The Morgan fingerprint density at radius 1 is 1.10 bits per heavy atom. The molecule has 0 aliphatic rings. The van der Waals surface area contributed by atoms with Crippen LogP contribution in [0, 0.1) is 0 Å². The van der Waals surface area contributed by atoms with Gasteiger partial charge in [0.25, 0.3) is 0 Å². The molecule has 0 amide bonds. The van der Waals surface area contributed by atoms with Gasteiger partial charge in [-0.15, -0.1) is 0 Å². The number of rotatable bonds is 2. The molecule has 0 bridgehead atoms. The molecular formula is C15H9F3N2O. The van der Waals surface area contributed by atoms with E-state index in [0.717, 1.165) is 12.3 Å². The maximum Gasteiger partial charge on any atom is 0.417 e. The lowest BCUT2D eigenvalue weighted by Crippen LogP contribution is -2.07. The number of hydrogen-bond donors (Lipinski definition) is 0. The van der Waals surface area contributed by atoms with Crippen molar-refractivity contribution in [3.63, 3.8) is 0 Å². The highest BCUT2D eigenvalue weighted by molar-refractivity contribution is 5.81. The van der Waals surface area contributed by atoms with E-state index in [2.05, 4.69) is 4.98 Å². The van der Waals surface area contributed by atoms with Crippen molar-refractivity contribution in [2.45, 2.75) is 6.18 Å². The predicted octanol–water partition coefficient (Wildman–Crippen LogP) is 3.83. The van der Waals surface area contributed by atoms with Gasteiger partial charge in [0.2, 0.25) is 0 Å². The van der Waals surface area contributed by atoms with E-state index < -0.39 is 11.7 Å². The lowest BCUT2D eigenvalue weighted by Gasteiger charge is -2.11.